The molecule has 0 saturated carbocycles. The zero-order valence-electron chi connectivity index (χ0n) is 23.0. The van der Waals surface area contributed by atoms with Crippen LogP contribution in [0.1, 0.15) is 37.6 Å². The summed E-state index contributed by atoms with van der Waals surface area (Å²) in [4.78, 5) is 29.0. The Balaban J connectivity index is 1.43. The molecule has 9 heteroatoms. The van der Waals surface area contributed by atoms with Crippen LogP contribution in [0.5, 0.6) is 23.0 Å². The lowest BCUT2D eigenvalue weighted by Crippen LogP contribution is -2.38. The lowest BCUT2D eigenvalue weighted by molar-refractivity contribution is -0.156. The highest BCUT2D eigenvalue weighted by atomic mass is 16.6. The molecule has 9 nitrogen and oxygen atoms in total. The third-order valence-electron chi connectivity index (χ3n) is 5.76. The minimum Gasteiger partial charge on any atom is -0.493 e. The van der Waals surface area contributed by atoms with E-state index in [1.807, 2.05) is 18.2 Å². The monoisotopic (exact) mass is 543 g/mol. The lowest BCUT2D eigenvalue weighted by atomic mass is 10.1. The number of fused-ring (bicyclic) bond motifs is 1. The number of pyridine rings is 1. The Morgan fingerprint density at radius 2 is 1.68 bits per heavy atom. The molecule has 0 bridgehead atoms. The van der Waals surface area contributed by atoms with Crippen LogP contribution < -0.4 is 25.3 Å². The molecule has 1 aromatic heterocycles. The number of benzene rings is 3. The van der Waals surface area contributed by atoms with Crippen molar-refractivity contribution < 1.29 is 28.5 Å². The first-order valence-electron chi connectivity index (χ1n) is 12.9. The first-order valence-corrected chi connectivity index (χ1v) is 12.9. The number of methoxy groups -OCH3 is 1. The fourth-order valence-corrected chi connectivity index (χ4v) is 3.81. The molecular weight excluding hydrogens is 510 g/mol. The summed E-state index contributed by atoms with van der Waals surface area (Å²) in [6.45, 7) is 5.56. The molecule has 0 aliphatic carbocycles. The van der Waals surface area contributed by atoms with Gasteiger partial charge in [-0.3, -0.25) is 14.6 Å². The molecule has 1 heterocycles. The van der Waals surface area contributed by atoms with Gasteiger partial charge < -0.3 is 30.0 Å². The number of carbonyl (C=O) groups excluding carboxylic acids is 2. The molecule has 1 amide bonds. The van der Waals surface area contributed by atoms with Crippen LogP contribution in [0.15, 0.2) is 79.0 Å². The number of esters is 1. The number of carbonyl (C=O) groups is 2. The quantitative estimate of drug-likeness (QED) is 0.243. The Morgan fingerprint density at radius 1 is 0.950 bits per heavy atom. The van der Waals surface area contributed by atoms with Crippen molar-refractivity contribution in [3.63, 3.8) is 0 Å². The van der Waals surface area contributed by atoms with Gasteiger partial charge in [0.1, 0.15) is 23.1 Å². The Bertz CT molecular complexity index is 1470. The van der Waals surface area contributed by atoms with Gasteiger partial charge in [-0.05, 0) is 69.3 Å². The largest absolute Gasteiger partial charge is 0.493 e. The van der Waals surface area contributed by atoms with Crippen LogP contribution in [0.4, 0.5) is 5.69 Å². The number of nitrogens with two attached hydrogens (primary N) is 1. The first-order chi connectivity index (χ1) is 19.1. The highest BCUT2D eigenvalue weighted by molar-refractivity contribution is 6.04. The number of aromatic nitrogens is 1. The van der Waals surface area contributed by atoms with Crippen molar-refractivity contribution in [1.82, 2.24) is 4.98 Å². The van der Waals surface area contributed by atoms with Crippen molar-refractivity contribution in [1.29, 1.82) is 0 Å². The molecule has 4 rings (SSSR count). The number of anilines is 1. The van der Waals surface area contributed by atoms with Crippen LogP contribution in [-0.4, -0.2) is 42.2 Å². The summed E-state index contributed by atoms with van der Waals surface area (Å²) in [6, 6.07) is 20.6. The van der Waals surface area contributed by atoms with Gasteiger partial charge in [-0.15, -0.1) is 0 Å². The van der Waals surface area contributed by atoms with Crippen LogP contribution in [0, 0.1) is 0 Å². The summed E-state index contributed by atoms with van der Waals surface area (Å²) in [7, 11) is 1.54. The van der Waals surface area contributed by atoms with Crippen LogP contribution in [-0.2, 0) is 9.53 Å². The molecule has 0 radical (unpaired) electrons. The van der Waals surface area contributed by atoms with Crippen molar-refractivity contribution in [2.75, 3.05) is 19.0 Å². The van der Waals surface area contributed by atoms with Crippen molar-refractivity contribution in [3.8, 4) is 23.0 Å². The smallest absolute Gasteiger partial charge is 0.323 e. The van der Waals surface area contributed by atoms with Gasteiger partial charge in [0.25, 0.3) is 5.91 Å². The molecule has 4 aromatic rings. The maximum Gasteiger partial charge on any atom is 0.323 e. The molecule has 208 valence electrons. The zero-order valence-corrected chi connectivity index (χ0v) is 23.0. The number of hydrogen-bond donors (Lipinski definition) is 2. The summed E-state index contributed by atoms with van der Waals surface area (Å²) >= 11 is 0. The summed E-state index contributed by atoms with van der Waals surface area (Å²) in [6.07, 6.45) is 1.91. The number of ether oxygens (including phenoxy) is 4. The van der Waals surface area contributed by atoms with Gasteiger partial charge in [0.05, 0.1) is 19.2 Å². The van der Waals surface area contributed by atoms with E-state index in [1.165, 1.54) is 0 Å². The van der Waals surface area contributed by atoms with Crippen LogP contribution >= 0.6 is 0 Å². The van der Waals surface area contributed by atoms with E-state index < -0.39 is 17.6 Å². The van der Waals surface area contributed by atoms with Gasteiger partial charge >= 0.3 is 5.97 Å². The number of nitrogens with one attached hydrogen (secondary N) is 1. The molecule has 0 fully saturated rings. The van der Waals surface area contributed by atoms with E-state index in [0.717, 1.165) is 5.39 Å². The van der Waals surface area contributed by atoms with E-state index in [1.54, 1.807) is 88.7 Å². The maximum atomic E-state index is 12.4. The van der Waals surface area contributed by atoms with E-state index in [0.29, 0.717) is 39.8 Å². The maximum absolute atomic E-state index is 12.4. The second kappa shape index (κ2) is 12.5. The summed E-state index contributed by atoms with van der Waals surface area (Å²) < 4.78 is 22.9. The molecule has 0 saturated heterocycles. The van der Waals surface area contributed by atoms with Gasteiger partial charge in [-0.25, -0.2) is 0 Å². The van der Waals surface area contributed by atoms with Crippen molar-refractivity contribution in [2.24, 2.45) is 5.73 Å². The SMILES string of the molecule is COc1cc2c(Oc3ccc(NC(=O)c4ccccc4)cc3)ccnc2cc1OCCC(N)C(=O)OC(C)(C)C. The summed E-state index contributed by atoms with van der Waals surface area (Å²) in [5.41, 5.74) is 7.22. The molecule has 40 heavy (non-hydrogen) atoms. The molecular formula is C31H33N3O6. The van der Waals surface area contributed by atoms with Gasteiger partial charge in [0.2, 0.25) is 0 Å². The summed E-state index contributed by atoms with van der Waals surface area (Å²) in [5, 5.41) is 3.59. The minimum atomic E-state index is -0.804. The van der Waals surface area contributed by atoms with E-state index in [-0.39, 0.29) is 18.9 Å². The highest BCUT2D eigenvalue weighted by Crippen LogP contribution is 2.37. The second-order valence-corrected chi connectivity index (χ2v) is 10.1. The Hall–Kier alpha value is -4.63. The van der Waals surface area contributed by atoms with Crippen molar-refractivity contribution >= 4 is 28.5 Å². The van der Waals surface area contributed by atoms with Crippen LogP contribution in [0.2, 0.25) is 0 Å². The van der Waals surface area contributed by atoms with Gasteiger partial charge in [0.15, 0.2) is 11.5 Å². The van der Waals surface area contributed by atoms with Gasteiger partial charge in [-0.1, -0.05) is 18.2 Å². The number of nitrogens with zero attached hydrogens (tertiary/aromatic N) is 1. The highest BCUT2D eigenvalue weighted by Gasteiger charge is 2.22. The van der Waals surface area contributed by atoms with Crippen LogP contribution in [0.25, 0.3) is 10.9 Å². The van der Waals surface area contributed by atoms with E-state index in [9.17, 15) is 9.59 Å². The molecule has 0 aliphatic heterocycles. The number of amides is 1. The van der Waals surface area contributed by atoms with Crippen LogP contribution in [0.3, 0.4) is 0 Å². The fourth-order valence-electron chi connectivity index (χ4n) is 3.81. The zero-order chi connectivity index (χ0) is 28.7. The predicted octanol–water partition coefficient (Wildman–Crippen LogP) is 5.73. The van der Waals surface area contributed by atoms with E-state index in [2.05, 4.69) is 10.3 Å². The molecule has 0 spiro atoms. The number of hydrogen-bond acceptors (Lipinski definition) is 8. The third-order valence-corrected chi connectivity index (χ3v) is 5.76. The fraction of sp³-hybridized carbons (Fsp3) is 0.258. The molecule has 1 atom stereocenters. The average Bonchev–Trinajstić information content (AvgIpc) is 2.93. The Labute approximate surface area is 233 Å². The molecule has 3 aromatic carbocycles. The first kappa shape index (κ1) is 28.4. The topological polar surface area (TPSA) is 122 Å². The van der Waals surface area contributed by atoms with Gasteiger partial charge in [-0.2, -0.15) is 0 Å². The van der Waals surface area contributed by atoms with Gasteiger partial charge in [0, 0.05) is 35.3 Å². The Kier molecular flexibility index (Phi) is 8.86. The van der Waals surface area contributed by atoms with E-state index >= 15 is 0 Å². The summed E-state index contributed by atoms with van der Waals surface area (Å²) in [5.74, 6) is 1.44. The molecule has 1 unspecified atom stereocenters. The van der Waals surface area contributed by atoms with E-state index in [4.69, 9.17) is 24.7 Å². The average molecular weight is 544 g/mol. The van der Waals surface area contributed by atoms with Crippen molar-refractivity contribution in [2.45, 2.75) is 38.8 Å². The third kappa shape index (κ3) is 7.48. The Morgan fingerprint density at radius 3 is 2.35 bits per heavy atom. The standard InChI is InChI=1S/C31H33N3O6/c1-31(2,3)40-30(36)24(32)15-17-38-28-19-25-23(18-27(28)37-4)26(14-16-33-25)39-22-12-10-21(11-13-22)34-29(35)20-8-6-5-7-9-20/h5-14,16,18-19,24H,15,17,32H2,1-4H3,(H,34,35). The predicted molar refractivity (Wildman–Crippen MR) is 153 cm³/mol. The molecule has 3 N–H and O–H groups in total. The lowest BCUT2D eigenvalue weighted by Gasteiger charge is -2.22. The second-order valence-electron chi connectivity index (χ2n) is 10.1. The molecule has 0 aliphatic rings. The normalized spacial score (nSPS) is 11.9. The minimum absolute atomic E-state index is 0.186. The number of rotatable bonds is 10. The van der Waals surface area contributed by atoms with Crippen molar-refractivity contribution in [3.05, 3.63) is 84.6 Å².